The number of phenols is 1. The number of aromatic hydroxyl groups is 1. The van der Waals surface area contributed by atoms with E-state index in [2.05, 4.69) is 15.9 Å². The van der Waals surface area contributed by atoms with Gasteiger partial charge >= 0.3 is 5.97 Å². The molecular weight excluding hydrogens is 304 g/mol. The largest absolute Gasteiger partial charge is 0.504 e. The van der Waals surface area contributed by atoms with Crippen LogP contribution in [0, 0.1) is 6.92 Å². The summed E-state index contributed by atoms with van der Waals surface area (Å²) >= 11 is 4.65. The van der Waals surface area contributed by atoms with Gasteiger partial charge in [-0.3, -0.25) is 0 Å². The van der Waals surface area contributed by atoms with E-state index in [1.54, 1.807) is 24.3 Å². The lowest BCUT2D eigenvalue weighted by Gasteiger charge is -2.03. The Hall–Kier alpha value is -1.33. The fourth-order valence-electron chi connectivity index (χ4n) is 1.25. The topological polar surface area (TPSA) is 46.5 Å². The summed E-state index contributed by atoms with van der Waals surface area (Å²) < 4.78 is 6.00. The van der Waals surface area contributed by atoms with Crippen molar-refractivity contribution in [2.24, 2.45) is 0 Å². The highest BCUT2D eigenvalue weighted by atomic mass is 79.9. The molecule has 1 heterocycles. The molecule has 1 aromatic carbocycles. The van der Waals surface area contributed by atoms with Crippen LogP contribution >= 0.6 is 27.3 Å². The van der Waals surface area contributed by atoms with Crippen LogP contribution in [0.15, 0.2) is 34.1 Å². The van der Waals surface area contributed by atoms with Gasteiger partial charge in [-0.25, -0.2) is 4.79 Å². The van der Waals surface area contributed by atoms with Crippen LogP contribution in [0.3, 0.4) is 0 Å². The minimum absolute atomic E-state index is 0.0480. The van der Waals surface area contributed by atoms with E-state index in [0.717, 1.165) is 9.35 Å². The zero-order valence-electron chi connectivity index (χ0n) is 8.94. The third-order valence-electron chi connectivity index (χ3n) is 2.13. The van der Waals surface area contributed by atoms with Gasteiger partial charge in [0.25, 0.3) is 0 Å². The van der Waals surface area contributed by atoms with Crippen molar-refractivity contribution in [1.29, 1.82) is 0 Å². The van der Waals surface area contributed by atoms with Crippen LogP contribution in [0.1, 0.15) is 15.2 Å². The lowest BCUT2D eigenvalue weighted by Crippen LogP contribution is -2.06. The number of esters is 1. The average Bonchev–Trinajstić information content (AvgIpc) is 2.63. The molecule has 0 bridgehead atoms. The van der Waals surface area contributed by atoms with E-state index in [0.29, 0.717) is 4.88 Å². The minimum Gasteiger partial charge on any atom is -0.504 e. The van der Waals surface area contributed by atoms with E-state index >= 15 is 0 Å². The van der Waals surface area contributed by atoms with Crippen molar-refractivity contribution in [2.45, 2.75) is 6.92 Å². The van der Waals surface area contributed by atoms with Crippen molar-refractivity contribution in [3.63, 3.8) is 0 Å². The molecule has 0 fully saturated rings. The number of para-hydroxylation sites is 2. The Morgan fingerprint density at radius 3 is 2.71 bits per heavy atom. The molecule has 0 unspecified atom stereocenters. The fraction of sp³-hybridized carbons (Fsp3) is 0.0833. The molecule has 0 radical (unpaired) electrons. The van der Waals surface area contributed by atoms with Crippen LogP contribution < -0.4 is 4.74 Å². The monoisotopic (exact) mass is 312 g/mol. The minimum atomic E-state index is -0.467. The first-order chi connectivity index (χ1) is 8.08. The van der Waals surface area contributed by atoms with Gasteiger partial charge in [-0.1, -0.05) is 12.1 Å². The first kappa shape index (κ1) is 12.1. The van der Waals surface area contributed by atoms with E-state index in [1.165, 1.54) is 17.4 Å². The zero-order chi connectivity index (χ0) is 12.4. The summed E-state index contributed by atoms with van der Waals surface area (Å²) in [6.07, 6.45) is 0. The molecule has 0 saturated heterocycles. The van der Waals surface area contributed by atoms with Gasteiger partial charge in [-0.2, -0.15) is 0 Å². The molecule has 2 aromatic rings. The van der Waals surface area contributed by atoms with Gasteiger partial charge in [-0.05, 0) is 46.6 Å². The molecule has 1 aromatic heterocycles. The van der Waals surface area contributed by atoms with Crippen LogP contribution in [0.4, 0.5) is 0 Å². The molecule has 17 heavy (non-hydrogen) atoms. The lowest BCUT2D eigenvalue weighted by molar-refractivity contribution is 0.0734. The van der Waals surface area contributed by atoms with Crippen molar-refractivity contribution < 1.29 is 14.6 Å². The predicted molar refractivity (Wildman–Crippen MR) is 69.8 cm³/mol. The maximum absolute atomic E-state index is 11.8. The number of carbonyl (C=O) groups is 1. The van der Waals surface area contributed by atoms with E-state index < -0.39 is 5.97 Å². The fourth-order valence-corrected chi connectivity index (χ4v) is 2.67. The van der Waals surface area contributed by atoms with E-state index in [1.807, 2.05) is 6.92 Å². The number of aryl methyl sites for hydroxylation is 1. The van der Waals surface area contributed by atoms with E-state index in [-0.39, 0.29) is 11.5 Å². The number of hydrogen-bond donors (Lipinski definition) is 1. The summed E-state index contributed by atoms with van der Waals surface area (Å²) in [4.78, 5) is 12.3. The Labute approximate surface area is 111 Å². The number of benzene rings is 1. The van der Waals surface area contributed by atoms with Crippen LogP contribution in [-0.4, -0.2) is 11.1 Å². The summed E-state index contributed by atoms with van der Waals surface area (Å²) in [7, 11) is 0. The highest BCUT2D eigenvalue weighted by molar-refractivity contribution is 9.11. The standard InChI is InChI=1S/C12H9BrO3S/c1-7-6-10(17-11(7)13)12(15)16-9-5-3-2-4-8(9)14/h2-6,14H,1H3. The molecule has 0 aliphatic carbocycles. The molecule has 3 nitrogen and oxygen atoms in total. The molecule has 2 rings (SSSR count). The third-order valence-corrected chi connectivity index (χ3v) is 4.24. The second-order valence-corrected chi connectivity index (χ2v) is 5.79. The maximum Gasteiger partial charge on any atom is 0.353 e. The van der Waals surface area contributed by atoms with Gasteiger partial charge in [0.2, 0.25) is 0 Å². The smallest absolute Gasteiger partial charge is 0.353 e. The van der Waals surface area contributed by atoms with E-state index in [9.17, 15) is 9.90 Å². The average molecular weight is 313 g/mol. The molecule has 1 N–H and O–H groups in total. The van der Waals surface area contributed by atoms with Gasteiger partial charge in [0, 0.05) is 0 Å². The Balaban J connectivity index is 2.20. The van der Waals surface area contributed by atoms with Gasteiger partial charge in [0.05, 0.1) is 3.79 Å². The van der Waals surface area contributed by atoms with Crippen molar-refractivity contribution >= 4 is 33.2 Å². The van der Waals surface area contributed by atoms with Gasteiger partial charge < -0.3 is 9.84 Å². The number of hydrogen-bond acceptors (Lipinski definition) is 4. The van der Waals surface area contributed by atoms with Crippen LogP contribution in [0.5, 0.6) is 11.5 Å². The Kier molecular flexibility index (Phi) is 3.49. The number of ether oxygens (including phenoxy) is 1. The van der Waals surface area contributed by atoms with Crippen molar-refractivity contribution in [1.82, 2.24) is 0 Å². The SMILES string of the molecule is Cc1cc(C(=O)Oc2ccccc2O)sc1Br. The van der Waals surface area contributed by atoms with Crippen LogP contribution in [0.25, 0.3) is 0 Å². The molecule has 0 saturated carbocycles. The molecular formula is C12H9BrO3S. The molecule has 0 atom stereocenters. The maximum atomic E-state index is 11.8. The number of rotatable bonds is 2. The molecule has 5 heteroatoms. The molecule has 88 valence electrons. The number of phenolic OH excluding ortho intramolecular Hbond substituents is 1. The summed E-state index contributed by atoms with van der Waals surface area (Å²) in [6, 6.07) is 8.12. The van der Waals surface area contributed by atoms with Crippen molar-refractivity contribution in [3.05, 3.63) is 44.6 Å². The second kappa shape index (κ2) is 4.89. The second-order valence-electron chi connectivity index (χ2n) is 3.42. The van der Waals surface area contributed by atoms with Crippen molar-refractivity contribution in [3.8, 4) is 11.5 Å². The number of thiophene rings is 1. The molecule has 0 spiro atoms. The number of halogens is 1. The highest BCUT2D eigenvalue weighted by Gasteiger charge is 2.14. The number of carbonyl (C=O) groups excluding carboxylic acids is 1. The summed E-state index contributed by atoms with van der Waals surface area (Å²) in [5.41, 5.74) is 0.985. The third kappa shape index (κ3) is 2.68. The van der Waals surface area contributed by atoms with Crippen molar-refractivity contribution in [2.75, 3.05) is 0 Å². The zero-order valence-corrected chi connectivity index (χ0v) is 11.3. The van der Waals surface area contributed by atoms with Gasteiger partial charge in [0.1, 0.15) is 4.88 Å². The Morgan fingerprint density at radius 1 is 1.41 bits per heavy atom. The summed E-state index contributed by atoms with van der Waals surface area (Å²) in [6.45, 7) is 1.90. The normalized spacial score (nSPS) is 10.2. The van der Waals surface area contributed by atoms with Gasteiger partial charge in [0.15, 0.2) is 11.5 Å². The summed E-state index contributed by atoms with van der Waals surface area (Å²) in [5, 5.41) is 9.48. The molecule has 0 amide bonds. The Morgan fingerprint density at radius 2 is 2.12 bits per heavy atom. The highest BCUT2D eigenvalue weighted by Crippen LogP contribution is 2.30. The first-order valence-electron chi connectivity index (χ1n) is 4.84. The van der Waals surface area contributed by atoms with Crippen LogP contribution in [-0.2, 0) is 0 Å². The lowest BCUT2D eigenvalue weighted by atomic mass is 10.3. The van der Waals surface area contributed by atoms with Crippen LogP contribution in [0.2, 0.25) is 0 Å². The Bertz CT molecular complexity index is 543. The predicted octanol–water partition coefficient (Wildman–Crippen LogP) is 3.74. The quantitative estimate of drug-likeness (QED) is 0.678. The summed E-state index contributed by atoms with van der Waals surface area (Å²) in [5.74, 6) is -0.349. The van der Waals surface area contributed by atoms with Gasteiger partial charge in [-0.15, -0.1) is 11.3 Å². The molecule has 0 aliphatic rings. The first-order valence-corrected chi connectivity index (χ1v) is 6.45. The van der Waals surface area contributed by atoms with E-state index in [4.69, 9.17) is 4.74 Å². The molecule has 0 aliphatic heterocycles.